The summed E-state index contributed by atoms with van der Waals surface area (Å²) in [6.45, 7) is 10.2. The van der Waals surface area contributed by atoms with Gasteiger partial charge in [0.05, 0.1) is 24.2 Å². The molecule has 2 aromatic heterocycles. The molecule has 3 heterocycles. The second-order valence-corrected chi connectivity index (χ2v) is 10.6. The highest BCUT2D eigenvalue weighted by molar-refractivity contribution is 5.35. The topological polar surface area (TPSA) is 63.7 Å². The van der Waals surface area contributed by atoms with E-state index in [0.29, 0.717) is 30.2 Å². The zero-order valence-corrected chi connectivity index (χ0v) is 19.9. The maximum absolute atomic E-state index is 13.5. The molecule has 1 aliphatic heterocycles. The summed E-state index contributed by atoms with van der Waals surface area (Å²) >= 11 is 0. The van der Waals surface area contributed by atoms with Crippen molar-refractivity contribution in [2.75, 3.05) is 19.6 Å². The first-order valence-electron chi connectivity index (χ1n) is 12.1. The molecular weight excluding hydrogens is 412 g/mol. The highest BCUT2D eigenvalue weighted by Gasteiger charge is 2.30. The summed E-state index contributed by atoms with van der Waals surface area (Å²) in [5.41, 5.74) is 3.50. The number of fused-ring (bicyclic) bond motifs is 1. The van der Waals surface area contributed by atoms with E-state index in [9.17, 15) is 9.90 Å². The maximum atomic E-state index is 13.5. The Labute approximate surface area is 195 Å². The largest absolute Gasteiger partial charge is 0.842 e. The summed E-state index contributed by atoms with van der Waals surface area (Å²) in [6.07, 6.45) is 4.10. The number of nitrogens with one attached hydrogen (secondary N) is 1. The Hall–Kier alpha value is -2.70. The van der Waals surface area contributed by atoms with E-state index in [1.807, 2.05) is 22.8 Å². The molecule has 1 saturated carbocycles. The van der Waals surface area contributed by atoms with Gasteiger partial charge in [-0.1, -0.05) is 51.1 Å². The van der Waals surface area contributed by atoms with Gasteiger partial charge in [-0.25, -0.2) is 9.36 Å². The normalized spacial score (nSPS) is 19.8. The molecule has 1 saturated heterocycles. The molecule has 1 aromatic carbocycles. The molecule has 2 aliphatic rings. The average Bonchev–Trinajstić information content (AvgIpc) is 3.63. The summed E-state index contributed by atoms with van der Waals surface area (Å²) in [5, 5.41) is 17.0. The summed E-state index contributed by atoms with van der Waals surface area (Å²) in [5.74, 6) is 0.420. The third kappa shape index (κ3) is 4.42. The number of hydrogen-bond donors (Lipinski definition) is 1. The number of nitrogens with zero attached hydrogens (tertiary/aromatic N) is 3. The predicted molar refractivity (Wildman–Crippen MR) is 127 cm³/mol. The van der Waals surface area contributed by atoms with E-state index >= 15 is 0 Å². The minimum atomic E-state index is -0.192. The van der Waals surface area contributed by atoms with Gasteiger partial charge < -0.3 is 10.4 Å². The van der Waals surface area contributed by atoms with Crippen LogP contribution in [0.15, 0.2) is 53.5 Å². The molecule has 0 radical (unpaired) electrons. The lowest BCUT2D eigenvalue weighted by molar-refractivity contribution is -0.719. The standard InChI is InChI=1S/C27H34N4O2/c1-27(2,3)21-11-9-20(10-12-21)23-16-28-13-15-29(23)18-22-25(32)30-14-5-4-6-24(30)31(26(22)33)17-19-7-8-19/h4-6,9-12,14,19,23,28H,7-8,13,15-18H2,1-3H3. The maximum Gasteiger partial charge on any atom is 0.346 e. The lowest BCUT2D eigenvalue weighted by Crippen LogP contribution is -2.49. The van der Waals surface area contributed by atoms with Crippen LogP contribution >= 0.6 is 0 Å². The Kier molecular flexibility index (Phi) is 5.75. The number of piperazine rings is 1. The van der Waals surface area contributed by atoms with Crippen LogP contribution in [-0.2, 0) is 18.5 Å². The van der Waals surface area contributed by atoms with Crippen LogP contribution in [0.25, 0.3) is 5.65 Å². The van der Waals surface area contributed by atoms with Gasteiger partial charge in [-0.2, -0.15) is 4.40 Å². The molecule has 1 atom stereocenters. The number of aromatic nitrogens is 2. The SMILES string of the molecule is CC(C)(C)c1ccc(C2CNCCN2Cc2c([O-])[n+](CC3CC3)c3ccccn3c2=O)cc1. The van der Waals surface area contributed by atoms with Crippen molar-refractivity contribution in [3.05, 3.63) is 75.7 Å². The zero-order chi connectivity index (χ0) is 23.2. The summed E-state index contributed by atoms with van der Waals surface area (Å²) in [7, 11) is 0. The van der Waals surface area contributed by atoms with Crippen molar-refractivity contribution in [1.82, 2.24) is 14.6 Å². The number of rotatable bonds is 5. The highest BCUT2D eigenvalue weighted by atomic mass is 16.3. The number of pyridine rings is 1. The van der Waals surface area contributed by atoms with Gasteiger partial charge in [0.2, 0.25) is 0 Å². The van der Waals surface area contributed by atoms with Crippen LogP contribution in [0.1, 0.15) is 56.3 Å². The monoisotopic (exact) mass is 446 g/mol. The first-order valence-corrected chi connectivity index (χ1v) is 12.1. The summed E-state index contributed by atoms with van der Waals surface area (Å²) < 4.78 is 3.47. The molecular formula is C27H34N4O2. The van der Waals surface area contributed by atoms with Crippen LogP contribution in [-0.4, -0.2) is 28.9 Å². The van der Waals surface area contributed by atoms with Crippen LogP contribution in [0, 0.1) is 5.92 Å². The second kappa shape index (κ2) is 8.58. The smallest absolute Gasteiger partial charge is 0.346 e. The van der Waals surface area contributed by atoms with Crippen LogP contribution in [0.3, 0.4) is 0 Å². The first kappa shape index (κ1) is 22.1. The molecule has 1 unspecified atom stereocenters. The van der Waals surface area contributed by atoms with Crippen molar-refractivity contribution in [3.63, 3.8) is 0 Å². The fraction of sp³-hybridized carbons (Fsp3) is 0.481. The van der Waals surface area contributed by atoms with Crippen LogP contribution in [0.2, 0.25) is 0 Å². The Balaban J connectivity index is 1.50. The number of hydrogen-bond acceptors (Lipinski definition) is 4. The van der Waals surface area contributed by atoms with E-state index in [2.05, 4.69) is 55.3 Å². The third-order valence-corrected chi connectivity index (χ3v) is 7.11. The van der Waals surface area contributed by atoms with Gasteiger partial charge in [-0.15, -0.1) is 0 Å². The van der Waals surface area contributed by atoms with Crippen LogP contribution < -0.4 is 20.5 Å². The molecule has 1 N–H and O–H groups in total. The molecule has 174 valence electrons. The molecule has 3 aromatic rings. The minimum absolute atomic E-state index is 0.107. The van der Waals surface area contributed by atoms with Gasteiger partial charge in [0.15, 0.2) is 0 Å². The van der Waals surface area contributed by atoms with Crippen molar-refractivity contribution in [3.8, 4) is 5.88 Å². The molecule has 0 spiro atoms. The van der Waals surface area contributed by atoms with Gasteiger partial charge >= 0.3 is 5.56 Å². The van der Waals surface area contributed by atoms with Crippen LogP contribution in [0.4, 0.5) is 0 Å². The third-order valence-electron chi connectivity index (χ3n) is 7.11. The fourth-order valence-corrected chi connectivity index (χ4v) is 4.87. The fourth-order valence-electron chi connectivity index (χ4n) is 4.87. The molecule has 5 rings (SSSR count). The van der Waals surface area contributed by atoms with Gasteiger partial charge in [-0.05, 0) is 41.4 Å². The van der Waals surface area contributed by atoms with Gasteiger partial charge in [0, 0.05) is 38.3 Å². The van der Waals surface area contributed by atoms with E-state index in [1.54, 1.807) is 10.6 Å². The molecule has 0 bridgehead atoms. The summed E-state index contributed by atoms with van der Waals surface area (Å²) in [6, 6.07) is 14.6. The molecule has 33 heavy (non-hydrogen) atoms. The Morgan fingerprint density at radius 2 is 1.88 bits per heavy atom. The first-order chi connectivity index (χ1) is 15.8. The van der Waals surface area contributed by atoms with E-state index in [4.69, 9.17) is 0 Å². The molecule has 0 amide bonds. The number of benzene rings is 1. The van der Waals surface area contributed by atoms with E-state index in [1.165, 1.54) is 11.1 Å². The predicted octanol–water partition coefficient (Wildman–Crippen LogP) is 2.51. The lowest BCUT2D eigenvalue weighted by Gasteiger charge is -2.37. The lowest BCUT2D eigenvalue weighted by atomic mass is 9.86. The highest BCUT2D eigenvalue weighted by Crippen LogP contribution is 2.30. The van der Waals surface area contributed by atoms with Crippen molar-refractivity contribution >= 4 is 5.65 Å². The van der Waals surface area contributed by atoms with Gasteiger partial charge in [0.25, 0.3) is 5.65 Å². The van der Waals surface area contributed by atoms with Crippen molar-refractivity contribution in [2.24, 2.45) is 5.92 Å². The van der Waals surface area contributed by atoms with Gasteiger partial charge in [-0.3, -0.25) is 4.90 Å². The van der Waals surface area contributed by atoms with Crippen molar-refractivity contribution in [2.45, 2.75) is 58.2 Å². The van der Waals surface area contributed by atoms with Crippen molar-refractivity contribution in [1.29, 1.82) is 0 Å². The Bertz CT molecular complexity index is 1210. The van der Waals surface area contributed by atoms with E-state index < -0.39 is 0 Å². The zero-order valence-electron chi connectivity index (χ0n) is 19.9. The Morgan fingerprint density at radius 1 is 1.12 bits per heavy atom. The Morgan fingerprint density at radius 3 is 2.58 bits per heavy atom. The van der Waals surface area contributed by atoms with E-state index in [-0.39, 0.29) is 22.9 Å². The molecule has 6 heteroatoms. The quantitative estimate of drug-likeness (QED) is 0.612. The minimum Gasteiger partial charge on any atom is -0.842 e. The van der Waals surface area contributed by atoms with Gasteiger partial charge in [0.1, 0.15) is 0 Å². The molecule has 6 nitrogen and oxygen atoms in total. The van der Waals surface area contributed by atoms with Crippen LogP contribution in [0.5, 0.6) is 5.88 Å². The van der Waals surface area contributed by atoms with Crippen molar-refractivity contribution < 1.29 is 9.67 Å². The molecule has 2 fully saturated rings. The average molecular weight is 447 g/mol. The van der Waals surface area contributed by atoms with E-state index in [0.717, 1.165) is 32.5 Å². The summed E-state index contributed by atoms with van der Waals surface area (Å²) in [4.78, 5) is 15.7. The second-order valence-electron chi connectivity index (χ2n) is 10.6. The molecule has 1 aliphatic carbocycles.